The zero-order valence-corrected chi connectivity index (χ0v) is 14.0. The third kappa shape index (κ3) is 3.95. The summed E-state index contributed by atoms with van der Waals surface area (Å²) in [6.07, 6.45) is 1.59. The van der Waals surface area contributed by atoms with E-state index in [1.165, 1.54) is 4.57 Å². The Hall–Kier alpha value is -1.59. The summed E-state index contributed by atoms with van der Waals surface area (Å²) in [4.78, 5) is 24.0. The van der Waals surface area contributed by atoms with E-state index in [-0.39, 0.29) is 18.0 Å². The number of aromatic nitrogens is 1. The quantitative estimate of drug-likeness (QED) is 0.900. The van der Waals surface area contributed by atoms with Crippen molar-refractivity contribution in [3.8, 4) is 0 Å². The third-order valence-corrected chi connectivity index (χ3v) is 3.84. The van der Waals surface area contributed by atoms with Gasteiger partial charge < -0.3 is 9.88 Å². The fraction of sp³-hybridized carbons (Fsp3) is 0.200. The van der Waals surface area contributed by atoms with Crippen molar-refractivity contribution in [1.82, 2.24) is 4.57 Å². The van der Waals surface area contributed by atoms with Gasteiger partial charge in [-0.2, -0.15) is 0 Å². The highest BCUT2D eigenvalue weighted by molar-refractivity contribution is 9.10. The van der Waals surface area contributed by atoms with E-state index >= 15 is 0 Å². The summed E-state index contributed by atoms with van der Waals surface area (Å²) in [7, 11) is 0. The summed E-state index contributed by atoms with van der Waals surface area (Å²) < 4.78 is 2.12. The van der Waals surface area contributed by atoms with Gasteiger partial charge in [0, 0.05) is 26.9 Å². The fourth-order valence-electron chi connectivity index (χ4n) is 1.88. The van der Waals surface area contributed by atoms with E-state index < -0.39 is 0 Å². The molecular formula is C15H14BrClN2O2. The highest BCUT2D eigenvalue weighted by Gasteiger charge is 2.08. The first-order valence-electron chi connectivity index (χ1n) is 6.29. The molecule has 1 N–H and O–H groups in total. The molecule has 110 valence electrons. The van der Waals surface area contributed by atoms with Crippen molar-refractivity contribution in [2.75, 3.05) is 5.32 Å². The van der Waals surface area contributed by atoms with E-state index in [2.05, 4.69) is 21.2 Å². The molecule has 0 atom stereocenters. The van der Waals surface area contributed by atoms with Gasteiger partial charge in [0.25, 0.3) is 5.56 Å². The SMILES string of the molecule is Cc1ccc(NC(=O)Cn2cc(Br)cc(C)c2=O)cc1Cl. The lowest BCUT2D eigenvalue weighted by molar-refractivity contribution is -0.116. The maximum atomic E-state index is 12.0. The van der Waals surface area contributed by atoms with Gasteiger partial charge in [0.15, 0.2) is 0 Å². The van der Waals surface area contributed by atoms with Crippen molar-refractivity contribution in [3.05, 3.63) is 61.4 Å². The molecule has 0 unspecified atom stereocenters. The number of carbonyl (C=O) groups excluding carboxylic acids is 1. The molecule has 1 amide bonds. The number of nitrogens with zero attached hydrogens (tertiary/aromatic N) is 1. The third-order valence-electron chi connectivity index (χ3n) is 3.00. The minimum Gasteiger partial charge on any atom is -0.324 e. The molecule has 2 rings (SSSR count). The summed E-state index contributed by atoms with van der Waals surface area (Å²) in [5.41, 5.74) is 1.94. The number of amides is 1. The van der Waals surface area contributed by atoms with E-state index in [9.17, 15) is 9.59 Å². The number of carbonyl (C=O) groups is 1. The lowest BCUT2D eigenvalue weighted by Crippen LogP contribution is -2.28. The zero-order chi connectivity index (χ0) is 15.6. The van der Waals surface area contributed by atoms with Crippen molar-refractivity contribution < 1.29 is 4.79 Å². The van der Waals surface area contributed by atoms with E-state index in [4.69, 9.17) is 11.6 Å². The minimum absolute atomic E-state index is 0.0510. The second-order valence-electron chi connectivity index (χ2n) is 4.79. The zero-order valence-electron chi connectivity index (χ0n) is 11.6. The number of anilines is 1. The predicted octanol–water partition coefficient (Wildman–Crippen LogP) is 3.52. The van der Waals surface area contributed by atoms with Gasteiger partial charge in [0.2, 0.25) is 5.91 Å². The van der Waals surface area contributed by atoms with Gasteiger partial charge in [-0.3, -0.25) is 9.59 Å². The average molecular weight is 370 g/mol. The number of pyridine rings is 1. The van der Waals surface area contributed by atoms with Crippen LogP contribution in [0.1, 0.15) is 11.1 Å². The van der Waals surface area contributed by atoms with Gasteiger partial charge >= 0.3 is 0 Å². The van der Waals surface area contributed by atoms with E-state index in [1.54, 1.807) is 31.3 Å². The molecule has 0 spiro atoms. The molecule has 0 fully saturated rings. The monoisotopic (exact) mass is 368 g/mol. The Morgan fingerprint density at radius 1 is 1.29 bits per heavy atom. The molecule has 2 aromatic rings. The molecule has 0 saturated heterocycles. The Kier molecular flexibility index (Phi) is 4.85. The van der Waals surface area contributed by atoms with Crippen LogP contribution in [0.5, 0.6) is 0 Å². The molecule has 6 heteroatoms. The van der Waals surface area contributed by atoms with Crippen LogP contribution in [0, 0.1) is 13.8 Å². The molecule has 0 radical (unpaired) electrons. The molecule has 21 heavy (non-hydrogen) atoms. The van der Waals surface area contributed by atoms with Crippen molar-refractivity contribution in [2.45, 2.75) is 20.4 Å². The summed E-state index contributed by atoms with van der Waals surface area (Å²) in [6.45, 7) is 3.55. The number of rotatable bonds is 3. The van der Waals surface area contributed by atoms with Crippen molar-refractivity contribution >= 4 is 39.1 Å². The number of benzene rings is 1. The van der Waals surface area contributed by atoms with Crippen molar-refractivity contribution in [1.29, 1.82) is 0 Å². The first-order valence-corrected chi connectivity index (χ1v) is 7.46. The molecule has 1 aromatic heterocycles. The molecule has 0 bridgehead atoms. The first-order chi connectivity index (χ1) is 9.86. The molecule has 0 aliphatic heterocycles. The largest absolute Gasteiger partial charge is 0.324 e. The van der Waals surface area contributed by atoms with Crippen molar-refractivity contribution in [2.24, 2.45) is 0 Å². The highest BCUT2D eigenvalue weighted by Crippen LogP contribution is 2.19. The average Bonchev–Trinajstić information content (AvgIpc) is 2.39. The van der Waals surface area contributed by atoms with Crippen molar-refractivity contribution in [3.63, 3.8) is 0 Å². The maximum Gasteiger partial charge on any atom is 0.253 e. The van der Waals surface area contributed by atoms with Gasteiger partial charge in [-0.1, -0.05) is 17.7 Å². The summed E-state index contributed by atoms with van der Waals surface area (Å²) in [5, 5.41) is 3.31. The van der Waals surface area contributed by atoms with Crippen LogP contribution in [0.25, 0.3) is 0 Å². The molecule has 1 aromatic carbocycles. The maximum absolute atomic E-state index is 12.0. The lowest BCUT2D eigenvalue weighted by Gasteiger charge is -2.09. The van der Waals surface area contributed by atoms with E-state index in [0.29, 0.717) is 16.3 Å². The first kappa shape index (κ1) is 15.8. The van der Waals surface area contributed by atoms with Gasteiger partial charge in [-0.05, 0) is 53.5 Å². The number of halogens is 2. The summed E-state index contributed by atoms with van der Waals surface area (Å²) in [6, 6.07) is 7.00. The van der Waals surface area contributed by atoms with E-state index in [1.807, 2.05) is 13.0 Å². The van der Waals surface area contributed by atoms with Crippen LogP contribution < -0.4 is 10.9 Å². The Bertz CT molecular complexity index is 756. The topological polar surface area (TPSA) is 51.1 Å². The molecule has 1 heterocycles. The van der Waals surface area contributed by atoms with E-state index in [0.717, 1.165) is 10.0 Å². The number of aryl methyl sites for hydroxylation is 2. The van der Waals surface area contributed by atoms with Crippen LogP contribution in [-0.4, -0.2) is 10.5 Å². The minimum atomic E-state index is -0.283. The van der Waals surface area contributed by atoms with Gasteiger partial charge in [0.05, 0.1) is 0 Å². The Balaban J connectivity index is 2.15. The normalized spacial score (nSPS) is 10.5. The Morgan fingerprint density at radius 2 is 2.00 bits per heavy atom. The van der Waals surface area contributed by atoms with Gasteiger partial charge in [0.1, 0.15) is 6.54 Å². The second-order valence-corrected chi connectivity index (χ2v) is 6.11. The summed E-state index contributed by atoms with van der Waals surface area (Å²) in [5.74, 6) is -0.283. The number of nitrogens with one attached hydrogen (secondary N) is 1. The van der Waals surface area contributed by atoms with Crippen LogP contribution in [0.15, 0.2) is 39.7 Å². The van der Waals surface area contributed by atoms with Crippen LogP contribution >= 0.6 is 27.5 Å². The number of hydrogen-bond acceptors (Lipinski definition) is 2. The standard InChI is InChI=1S/C15H14BrClN2O2/c1-9-3-4-12(6-13(9)17)18-14(20)8-19-7-11(16)5-10(2)15(19)21/h3-7H,8H2,1-2H3,(H,18,20). The van der Waals surface area contributed by atoms with Gasteiger partial charge in [-0.15, -0.1) is 0 Å². The molecular weight excluding hydrogens is 356 g/mol. The fourth-order valence-corrected chi connectivity index (χ4v) is 2.65. The smallest absolute Gasteiger partial charge is 0.253 e. The van der Waals surface area contributed by atoms with Crippen LogP contribution in [0.2, 0.25) is 5.02 Å². The highest BCUT2D eigenvalue weighted by atomic mass is 79.9. The number of hydrogen-bond donors (Lipinski definition) is 1. The lowest BCUT2D eigenvalue weighted by atomic mass is 10.2. The van der Waals surface area contributed by atoms with Gasteiger partial charge in [-0.25, -0.2) is 0 Å². The van der Waals surface area contributed by atoms with Crippen LogP contribution in [0.4, 0.5) is 5.69 Å². The predicted molar refractivity (Wildman–Crippen MR) is 88.0 cm³/mol. The van der Waals surface area contributed by atoms with Crippen LogP contribution in [-0.2, 0) is 11.3 Å². The summed E-state index contributed by atoms with van der Waals surface area (Å²) >= 11 is 9.32. The molecule has 4 nitrogen and oxygen atoms in total. The Morgan fingerprint density at radius 3 is 2.67 bits per heavy atom. The second kappa shape index (κ2) is 6.45. The molecule has 0 aliphatic carbocycles. The van der Waals surface area contributed by atoms with Crippen LogP contribution in [0.3, 0.4) is 0 Å². The molecule has 0 aliphatic rings. The Labute approximate surface area is 135 Å². The molecule has 0 saturated carbocycles.